The molecule has 0 atom stereocenters. The molecule has 2 N–H and O–H groups in total. The van der Waals surface area contributed by atoms with Crippen molar-refractivity contribution >= 4 is 17.5 Å². The van der Waals surface area contributed by atoms with Crippen LogP contribution in [-0.2, 0) is 13.0 Å². The third-order valence-corrected chi connectivity index (χ3v) is 5.39. The fourth-order valence-corrected chi connectivity index (χ4v) is 3.67. The van der Waals surface area contributed by atoms with Crippen LogP contribution >= 0.6 is 0 Å². The Kier molecular flexibility index (Phi) is 6.76. The third kappa shape index (κ3) is 6.00. The Labute approximate surface area is 189 Å². The molecule has 1 aromatic carbocycles. The van der Waals surface area contributed by atoms with E-state index in [1.54, 1.807) is 36.7 Å². The van der Waals surface area contributed by atoms with Crippen LogP contribution in [0.4, 0.5) is 24.8 Å². The van der Waals surface area contributed by atoms with E-state index in [1.165, 1.54) is 17.0 Å². The molecule has 1 amide bonds. The predicted molar refractivity (Wildman–Crippen MR) is 120 cm³/mol. The Bertz CT molecular complexity index is 1110. The first-order valence-electron chi connectivity index (χ1n) is 10.7. The number of carbonyl (C=O) groups excluding carboxylic acids is 1. The molecule has 1 fully saturated rings. The number of alkyl halides is 2. The highest BCUT2D eigenvalue weighted by molar-refractivity contribution is 5.99. The highest BCUT2D eigenvalue weighted by Gasteiger charge is 2.38. The molecular formula is C24H24F3N5O. The predicted octanol–water partition coefficient (Wildman–Crippen LogP) is 4.05. The average molecular weight is 455 g/mol. The number of hydrogen-bond donors (Lipinski definition) is 2. The van der Waals surface area contributed by atoms with Crippen LogP contribution in [0.2, 0.25) is 0 Å². The Hall–Kier alpha value is -3.62. The van der Waals surface area contributed by atoms with E-state index in [-0.39, 0.29) is 31.2 Å². The topological polar surface area (TPSA) is 70.2 Å². The van der Waals surface area contributed by atoms with Crippen molar-refractivity contribution in [2.75, 3.05) is 29.9 Å². The number of hydrogen-bond acceptors (Lipinski definition) is 5. The van der Waals surface area contributed by atoms with Crippen LogP contribution in [0.1, 0.15) is 27.9 Å². The molecule has 1 aliphatic rings. The lowest BCUT2D eigenvalue weighted by atomic mass is 10.1. The second-order valence-corrected chi connectivity index (χ2v) is 7.94. The Morgan fingerprint density at radius 2 is 1.97 bits per heavy atom. The molecule has 9 heteroatoms. The van der Waals surface area contributed by atoms with Gasteiger partial charge < -0.3 is 15.5 Å². The summed E-state index contributed by atoms with van der Waals surface area (Å²) in [7, 11) is 0. The quantitative estimate of drug-likeness (QED) is 0.537. The lowest BCUT2D eigenvalue weighted by Gasteiger charge is -2.20. The van der Waals surface area contributed by atoms with Crippen LogP contribution in [0.5, 0.6) is 0 Å². The van der Waals surface area contributed by atoms with Crippen LogP contribution in [0, 0.1) is 5.82 Å². The average Bonchev–Trinajstić information content (AvgIpc) is 3.18. The Balaban J connectivity index is 1.50. The summed E-state index contributed by atoms with van der Waals surface area (Å²) >= 11 is 0. The lowest BCUT2D eigenvalue weighted by molar-refractivity contribution is 0.0256. The molecule has 0 spiro atoms. The van der Waals surface area contributed by atoms with Gasteiger partial charge in [-0.15, -0.1) is 0 Å². The van der Waals surface area contributed by atoms with Crippen LogP contribution in [0.3, 0.4) is 0 Å². The van der Waals surface area contributed by atoms with Crippen molar-refractivity contribution in [1.82, 2.24) is 15.3 Å². The molecule has 4 rings (SSSR count). The van der Waals surface area contributed by atoms with E-state index in [9.17, 15) is 18.0 Å². The van der Waals surface area contributed by atoms with E-state index in [2.05, 4.69) is 20.6 Å². The van der Waals surface area contributed by atoms with Crippen LogP contribution in [0.15, 0.2) is 60.9 Å². The molecule has 0 aliphatic carbocycles. The van der Waals surface area contributed by atoms with Gasteiger partial charge in [-0.2, -0.15) is 0 Å². The molecule has 1 aliphatic heterocycles. The number of rotatable bonds is 8. The summed E-state index contributed by atoms with van der Waals surface area (Å²) in [5.74, 6) is -2.75. The molecule has 6 nitrogen and oxygen atoms in total. The molecule has 0 unspecified atom stereocenters. The number of pyridine rings is 2. The van der Waals surface area contributed by atoms with E-state index >= 15 is 0 Å². The van der Waals surface area contributed by atoms with Crippen molar-refractivity contribution < 1.29 is 18.0 Å². The molecule has 3 aromatic rings. The van der Waals surface area contributed by atoms with Crippen molar-refractivity contribution in [3.05, 3.63) is 83.4 Å². The summed E-state index contributed by atoms with van der Waals surface area (Å²) in [5.41, 5.74) is 1.93. The van der Waals surface area contributed by atoms with E-state index in [0.29, 0.717) is 30.2 Å². The van der Waals surface area contributed by atoms with Gasteiger partial charge in [-0.1, -0.05) is 18.2 Å². The van der Waals surface area contributed by atoms with E-state index < -0.39 is 12.5 Å². The molecule has 1 saturated heterocycles. The van der Waals surface area contributed by atoms with Gasteiger partial charge in [0.05, 0.1) is 12.1 Å². The first kappa shape index (κ1) is 22.6. The second kappa shape index (κ2) is 9.89. The fourth-order valence-electron chi connectivity index (χ4n) is 3.67. The summed E-state index contributed by atoms with van der Waals surface area (Å²) in [4.78, 5) is 22.9. The minimum Gasteiger partial charge on any atom is -0.369 e. The van der Waals surface area contributed by atoms with Gasteiger partial charge in [0.2, 0.25) is 0 Å². The molecule has 0 bridgehead atoms. The number of nitrogens with zero attached hydrogens (tertiary/aromatic N) is 3. The smallest absolute Gasteiger partial charge is 0.266 e. The minimum atomic E-state index is -2.76. The van der Waals surface area contributed by atoms with Gasteiger partial charge in [-0.25, -0.2) is 18.2 Å². The van der Waals surface area contributed by atoms with Crippen LogP contribution in [0.25, 0.3) is 0 Å². The van der Waals surface area contributed by atoms with Gasteiger partial charge in [0.15, 0.2) is 0 Å². The maximum atomic E-state index is 13.7. The zero-order valence-electron chi connectivity index (χ0n) is 17.9. The second-order valence-electron chi connectivity index (χ2n) is 7.94. The summed E-state index contributed by atoms with van der Waals surface area (Å²) in [5, 5.41) is 5.96. The van der Waals surface area contributed by atoms with E-state index in [0.717, 1.165) is 11.1 Å². The maximum absolute atomic E-state index is 13.7. The zero-order chi connectivity index (χ0) is 23.3. The van der Waals surface area contributed by atoms with Crippen LogP contribution in [-0.4, -0.2) is 41.4 Å². The third-order valence-electron chi connectivity index (χ3n) is 5.39. The van der Waals surface area contributed by atoms with Crippen molar-refractivity contribution in [3.8, 4) is 0 Å². The van der Waals surface area contributed by atoms with Gasteiger partial charge in [-0.3, -0.25) is 9.78 Å². The fraction of sp³-hybridized carbons (Fsp3) is 0.292. The first-order chi connectivity index (χ1) is 15.9. The lowest BCUT2D eigenvalue weighted by Crippen LogP contribution is -2.27. The molecular weight excluding hydrogens is 431 g/mol. The number of carbonyl (C=O) groups is 1. The van der Waals surface area contributed by atoms with Crippen molar-refractivity contribution in [1.29, 1.82) is 0 Å². The number of halogens is 3. The van der Waals surface area contributed by atoms with Crippen molar-refractivity contribution in [2.45, 2.75) is 25.3 Å². The maximum Gasteiger partial charge on any atom is 0.266 e. The molecule has 172 valence electrons. The van der Waals surface area contributed by atoms with Crippen molar-refractivity contribution in [3.63, 3.8) is 0 Å². The van der Waals surface area contributed by atoms with Crippen LogP contribution < -0.4 is 15.5 Å². The molecule has 33 heavy (non-hydrogen) atoms. The van der Waals surface area contributed by atoms with Gasteiger partial charge >= 0.3 is 0 Å². The number of amides is 1. The summed E-state index contributed by atoms with van der Waals surface area (Å²) in [6.45, 7) is 0.457. The Morgan fingerprint density at radius 3 is 2.70 bits per heavy atom. The van der Waals surface area contributed by atoms with Gasteiger partial charge in [0.25, 0.3) is 11.8 Å². The highest BCUT2D eigenvalue weighted by Crippen LogP contribution is 2.31. The first-order valence-corrected chi connectivity index (χ1v) is 10.7. The number of aromatic nitrogens is 2. The summed E-state index contributed by atoms with van der Waals surface area (Å²) in [6, 6.07) is 13.1. The monoisotopic (exact) mass is 455 g/mol. The molecule has 3 heterocycles. The normalized spacial score (nSPS) is 14.8. The van der Waals surface area contributed by atoms with Gasteiger partial charge in [0, 0.05) is 38.4 Å². The number of anilines is 2. The Morgan fingerprint density at radius 1 is 1.12 bits per heavy atom. The molecule has 2 aromatic heterocycles. The highest BCUT2D eigenvalue weighted by atomic mass is 19.3. The number of benzene rings is 1. The summed E-state index contributed by atoms with van der Waals surface area (Å²) < 4.78 is 40.8. The molecule has 0 radical (unpaired) electrons. The van der Waals surface area contributed by atoms with Crippen molar-refractivity contribution in [2.24, 2.45) is 0 Å². The minimum absolute atomic E-state index is 0.190. The molecule has 0 saturated carbocycles. The SMILES string of the molecule is O=C(NCc1cccnc1)c1ccc(N2CCC(F)(F)C2)nc1NCCc1cccc(F)c1. The van der Waals surface area contributed by atoms with E-state index in [4.69, 9.17) is 0 Å². The van der Waals surface area contributed by atoms with Gasteiger partial charge in [-0.05, 0) is 47.9 Å². The summed E-state index contributed by atoms with van der Waals surface area (Å²) in [6.07, 6.45) is 3.58. The van der Waals surface area contributed by atoms with E-state index in [1.807, 2.05) is 12.1 Å². The zero-order valence-corrected chi connectivity index (χ0v) is 17.9. The standard InChI is InChI=1S/C24H24F3N5O/c25-19-5-1-3-17(13-19)8-11-29-22-20(23(33)30-15-18-4-2-10-28-14-18)6-7-21(31-22)32-12-9-24(26,27)16-32/h1-7,10,13-14H,8-9,11-12,15-16H2,(H,29,31)(H,30,33). The van der Waals surface area contributed by atoms with Gasteiger partial charge in [0.1, 0.15) is 17.5 Å². The number of nitrogens with one attached hydrogen (secondary N) is 2. The largest absolute Gasteiger partial charge is 0.369 e.